The monoisotopic (exact) mass is 387 g/mol. The summed E-state index contributed by atoms with van der Waals surface area (Å²) in [5, 5.41) is 12.0. The molecule has 1 amide bonds. The topological polar surface area (TPSA) is 68.0 Å². The van der Waals surface area contributed by atoms with E-state index in [1.807, 2.05) is 55.5 Å². The lowest BCUT2D eigenvalue weighted by molar-refractivity contribution is -0.118. The summed E-state index contributed by atoms with van der Waals surface area (Å²) in [6.07, 6.45) is 0.756. The summed E-state index contributed by atoms with van der Waals surface area (Å²) >= 11 is 7.08. The number of nitrogens with zero attached hydrogens (tertiary/aromatic N) is 2. The van der Waals surface area contributed by atoms with Crippen molar-refractivity contribution < 1.29 is 9.21 Å². The van der Waals surface area contributed by atoms with Crippen LogP contribution >= 0.6 is 23.4 Å². The van der Waals surface area contributed by atoms with Gasteiger partial charge in [-0.05, 0) is 43.2 Å². The van der Waals surface area contributed by atoms with Gasteiger partial charge in [0, 0.05) is 17.1 Å². The predicted octanol–water partition coefficient (Wildman–Crippen LogP) is 4.15. The van der Waals surface area contributed by atoms with E-state index < -0.39 is 0 Å². The van der Waals surface area contributed by atoms with Gasteiger partial charge in [0.2, 0.25) is 11.8 Å². The number of nitrogens with one attached hydrogen (secondary N) is 1. The van der Waals surface area contributed by atoms with Gasteiger partial charge in [-0.15, -0.1) is 10.2 Å². The zero-order chi connectivity index (χ0) is 18.4. The molecule has 0 aliphatic rings. The van der Waals surface area contributed by atoms with Crippen LogP contribution < -0.4 is 5.32 Å². The lowest BCUT2D eigenvalue weighted by Gasteiger charge is -2.04. The second kappa shape index (κ2) is 8.87. The zero-order valence-corrected chi connectivity index (χ0v) is 15.8. The summed E-state index contributed by atoms with van der Waals surface area (Å²) in [5.74, 6) is 0.616. The van der Waals surface area contributed by atoms with Gasteiger partial charge in [-0.1, -0.05) is 53.2 Å². The van der Waals surface area contributed by atoms with Crippen molar-refractivity contribution in [1.82, 2.24) is 15.5 Å². The molecule has 2 aromatic carbocycles. The van der Waals surface area contributed by atoms with E-state index in [0.717, 1.165) is 23.1 Å². The van der Waals surface area contributed by atoms with Gasteiger partial charge >= 0.3 is 0 Å². The van der Waals surface area contributed by atoms with Crippen LogP contribution in [0.25, 0.3) is 11.5 Å². The molecule has 0 atom stereocenters. The third kappa shape index (κ3) is 5.34. The molecule has 1 N–H and O–H groups in total. The van der Waals surface area contributed by atoms with Crippen molar-refractivity contribution in [3.05, 3.63) is 64.7 Å². The van der Waals surface area contributed by atoms with Gasteiger partial charge in [-0.3, -0.25) is 4.79 Å². The smallest absolute Gasteiger partial charge is 0.277 e. The van der Waals surface area contributed by atoms with Crippen LogP contribution in [0.15, 0.2) is 58.2 Å². The fourth-order valence-electron chi connectivity index (χ4n) is 2.26. The molecule has 5 nitrogen and oxygen atoms in total. The Labute approximate surface area is 161 Å². The fraction of sp³-hybridized carbons (Fsp3) is 0.211. The minimum atomic E-state index is -0.0703. The number of carbonyl (C=O) groups excluding carboxylic acids is 1. The maximum atomic E-state index is 11.9. The normalized spacial score (nSPS) is 10.7. The van der Waals surface area contributed by atoms with E-state index in [2.05, 4.69) is 15.5 Å². The molecule has 0 saturated heterocycles. The number of thioether (sulfide) groups is 1. The summed E-state index contributed by atoms with van der Waals surface area (Å²) in [7, 11) is 0. The number of aromatic nitrogens is 2. The number of benzene rings is 2. The summed E-state index contributed by atoms with van der Waals surface area (Å²) in [4.78, 5) is 11.9. The van der Waals surface area contributed by atoms with Crippen LogP contribution in [0.4, 0.5) is 0 Å². The van der Waals surface area contributed by atoms with Gasteiger partial charge in [0.1, 0.15) is 0 Å². The first kappa shape index (κ1) is 18.5. The van der Waals surface area contributed by atoms with Gasteiger partial charge in [-0.25, -0.2) is 0 Å². The van der Waals surface area contributed by atoms with E-state index in [4.69, 9.17) is 16.0 Å². The Kier molecular flexibility index (Phi) is 6.30. The lowest BCUT2D eigenvalue weighted by atomic mass is 10.1. The number of amides is 1. The number of hydrogen-bond acceptors (Lipinski definition) is 5. The minimum Gasteiger partial charge on any atom is -0.411 e. The van der Waals surface area contributed by atoms with E-state index in [0.29, 0.717) is 22.7 Å². The van der Waals surface area contributed by atoms with Crippen molar-refractivity contribution in [2.75, 3.05) is 12.3 Å². The molecule has 0 spiro atoms. The molecule has 7 heteroatoms. The average Bonchev–Trinajstić information content (AvgIpc) is 3.11. The van der Waals surface area contributed by atoms with Crippen molar-refractivity contribution in [2.24, 2.45) is 0 Å². The highest BCUT2D eigenvalue weighted by atomic mass is 35.5. The van der Waals surface area contributed by atoms with Crippen LogP contribution in [-0.4, -0.2) is 28.4 Å². The van der Waals surface area contributed by atoms with E-state index in [-0.39, 0.29) is 11.7 Å². The first-order valence-electron chi connectivity index (χ1n) is 8.14. The number of aryl methyl sites for hydroxylation is 1. The van der Waals surface area contributed by atoms with Crippen molar-refractivity contribution in [3.63, 3.8) is 0 Å². The third-order valence-electron chi connectivity index (χ3n) is 3.68. The van der Waals surface area contributed by atoms with Crippen molar-refractivity contribution >= 4 is 29.3 Å². The molecule has 0 fully saturated rings. The Bertz CT molecular complexity index is 863. The highest BCUT2D eigenvalue weighted by Gasteiger charge is 2.11. The third-order valence-corrected chi connectivity index (χ3v) is 4.75. The van der Waals surface area contributed by atoms with Gasteiger partial charge in [0.15, 0.2) is 0 Å². The first-order chi connectivity index (χ1) is 12.6. The molecule has 0 aliphatic carbocycles. The molecule has 0 aliphatic heterocycles. The fourth-order valence-corrected chi connectivity index (χ4v) is 2.98. The van der Waals surface area contributed by atoms with Gasteiger partial charge in [0.25, 0.3) is 5.22 Å². The highest BCUT2D eigenvalue weighted by molar-refractivity contribution is 7.99. The largest absolute Gasteiger partial charge is 0.411 e. The van der Waals surface area contributed by atoms with Gasteiger partial charge < -0.3 is 9.73 Å². The number of rotatable bonds is 7. The molecular weight excluding hydrogens is 370 g/mol. The second-order valence-electron chi connectivity index (χ2n) is 5.75. The van der Waals surface area contributed by atoms with Gasteiger partial charge in [0.05, 0.1) is 5.75 Å². The summed E-state index contributed by atoms with van der Waals surface area (Å²) in [5.41, 5.74) is 3.16. The molecule has 0 bridgehead atoms. The van der Waals surface area contributed by atoms with Crippen LogP contribution in [0.5, 0.6) is 0 Å². The van der Waals surface area contributed by atoms with Crippen LogP contribution in [-0.2, 0) is 11.2 Å². The Morgan fingerprint density at radius 3 is 2.58 bits per heavy atom. The standard InChI is InChI=1S/C19H18ClN3O2S/c1-13-2-6-15(7-3-13)18-22-23-19(25-18)26-12-17(24)21-11-10-14-4-8-16(20)9-5-14/h2-9H,10-12H2,1H3,(H,21,24). The SMILES string of the molecule is Cc1ccc(-c2nnc(SCC(=O)NCCc3ccc(Cl)cc3)o2)cc1. The van der Waals surface area contributed by atoms with E-state index in [1.54, 1.807) is 0 Å². The first-order valence-corrected chi connectivity index (χ1v) is 9.51. The van der Waals surface area contributed by atoms with Crippen LogP contribution in [0.1, 0.15) is 11.1 Å². The summed E-state index contributed by atoms with van der Waals surface area (Å²) in [6.45, 7) is 2.59. The highest BCUT2D eigenvalue weighted by Crippen LogP contribution is 2.23. The Morgan fingerprint density at radius 2 is 1.85 bits per heavy atom. The maximum absolute atomic E-state index is 11.9. The molecular formula is C19H18ClN3O2S. The molecule has 3 rings (SSSR count). The molecule has 1 heterocycles. The van der Waals surface area contributed by atoms with Crippen LogP contribution in [0.2, 0.25) is 5.02 Å². The predicted molar refractivity (Wildman–Crippen MR) is 103 cm³/mol. The maximum Gasteiger partial charge on any atom is 0.277 e. The van der Waals surface area contributed by atoms with Crippen molar-refractivity contribution in [2.45, 2.75) is 18.6 Å². The van der Waals surface area contributed by atoms with E-state index in [9.17, 15) is 4.79 Å². The zero-order valence-electron chi connectivity index (χ0n) is 14.2. The van der Waals surface area contributed by atoms with E-state index >= 15 is 0 Å². The van der Waals surface area contributed by atoms with Crippen LogP contribution in [0, 0.1) is 6.92 Å². The molecule has 134 valence electrons. The molecule has 3 aromatic rings. The minimum absolute atomic E-state index is 0.0703. The lowest BCUT2D eigenvalue weighted by Crippen LogP contribution is -2.27. The van der Waals surface area contributed by atoms with Crippen LogP contribution in [0.3, 0.4) is 0 Å². The van der Waals surface area contributed by atoms with Crippen molar-refractivity contribution in [1.29, 1.82) is 0 Å². The number of carbonyl (C=O) groups is 1. The average molecular weight is 388 g/mol. The van der Waals surface area contributed by atoms with Gasteiger partial charge in [-0.2, -0.15) is 0 Å². The Morgan fingerprint density at radius 1 is 1.12 bits per heavy atom. The number of halogens is 1. The molecule has 0 radical (unpaired) electrons. The van der Waals surface area contributed by atoms with Crippen molar-refractivity contribution in [3.8, 4) is 11.5 Å². The Balaban J connectivity index is 1.43. The molecule has 0 unspecified atom stereocenters. The molecule has 0 saturated carbocycles. The summed E-state index contributed by atoms with van der Waals surface area (Å²) in [6, 6.07) is 15.4. The number of hydrogen-bond donors (Lipinski definition) is 1. The Hall–Kier alpha value is -2.31. The van der Waals surface area contributed by atoms with E-state index in [1.165, 1.54) is 11.8 Å². The quantitative estimate of drug-likeness (QED) is 0.617. The molecule has 1 aromatic heterocycles. The molecule has 26 heavy (non-hydrogen) atoms. The second-order valence-corrected chi connectivity index (χ2v) is 7.12. The summed E-state index contributed by atoms with van der Waals surface area (Å²) < 4.78 is 5.59.